The van der Waals surface area contributed by atoms with E-state index in [1.54, 1.807) is 0 Å². The Kier molecular flexibility index (Phi) is 4.67. The zero-order valence-electron chi connectivity index (χ0n) is 9.93. The van der Waals surface area contributed by atoms with Crippen LogP contribution in [0.15, 0.2) is 29.7 Å². The van der Waals surface area contributed by atoms with Gasteiger partial charge in [-0.15, -0.1) is 6.58 Å². The molecule has 19 heavy (non-hydrogen) atoms. The molecule has 0 heterocycles. The lowest BCUT2D eigenvalue weighted by Crippen LogP contribution is -2.28. The molecule has 0 atom stereocenters. The topological polar surface area (TPSA) is 74.7 Å². The van der Waals surface area contributed by atoms with Gasteiger partial charge in [-0.1, -0.05) is 17.7 Å². The molecule has 0 bridgehead atoms. The van der Waals surface area contributed by atoms with Crippen LogP contribution in [0, 0.1) is 5.82 Å². The van der Waals surface area contributed by atoms with Crippen molar-refractivity contribution in [2.45, 2.75) is 4.90 Å². The number of carboxylic acids is 1. The molecular formula is C11H11ClFNO4S. The predicted molar refractivity (Wildman–Crippen MR) is 68.4 cm³/mol. The second-order valence-corrected chi connectivity index (χ2v) is 6.09. The number of halogens is 2. The van der Waals surface area contributed by atoms with Gasteiger partial charge in [0, 0.05) is 18.6 Å². The molecule has 1 N–H and O–H groups in total. The zero-order valence-corrected chi connectivity index (χ0v) is 11.5. The molecule has 0 aliphatic carbocycles. The Morgan fingerprint density at radius 1 is 1.58 bits per heavy atom. The zero-order chi connectivity index (χ0) is 14.8. The maximum absolute atomic E-state index is 13.9. The summed E-state index contributed by atoms with van der Waals surface area (Å²) in [5.41, 5.74) is -0.793. The first-order valence-electron chi connectivity index (χ1n) is 5.01. The van der Waals surface area contributed by atoms with E-state index in [1.807, 2.05) is 0 Å². The molecule has 1 aromatic rings. The molecule has 0 aliphatic heterocycles. The molecule has 0 unspecified atom stereocenters. The molecule has 0 aliphatic rings. The summed E-state index contributed by atoms with van der Waals surface area (Å²) in [5, 5.41) is 8.62. The van der Waals surface area contributed by atoms with Gasteiger partial charge in [-0.25, -0.2) is 17.6 Å². The SMILES string of the molecule is C=CCN(C)S(=O)(=O)c1cc(Cl)cc(C(=O)O)c1F. The van der Waals surface area contributed by atoms with Crippen LogP contribution in [0.1, 0.15) is 10.4 Å². The van der Waals surface area contributed by atoms with Gasteiger partial charge in [0.25, 0.3) is 0 Å². The van der Waals surface area contributed by atoms with Crippen LogP contribution >= 0.6 is 11.6 Å². The molecule has 0 fully saturated rings. The largest absolute Gasteiger partial charge is 0.478 e. The van der Waals surface area contributed by atoms with Crippen molar-refractivity contribution in [3.8, 4) is 0 Å². The summed E-state index contributed by atoms with van der Waals surface area (Å²) < 4.78 is 38.9. The minimum absolute atomic E-state index is 0.0449. The fraction of sp³-hybridized carbons (Fsp3) is 0.182. The number of rotatable bonds is 5. The van der Waals surface area contributed by atoms with E-state index in [0.29, 0.717) is 0 Å². The van der Waals surface area contributed by atoms with Gasteiger partial charge in [-0.05, 0) is 12.1 Å². The highest BCUT2D eigenvalue weighted by Crippen LogP contribution is 2.25. The number of benzene rings is 1. The Morgan fingerprint density at radius 2 is 2.16 bits per heavy atom. The van der Waals surface area contributed by atoms with Gasteiger partial charge in [0.2, 0.25) is 10.0 Å². The smallest absolute Gasteiger partial charge is 0.338 e. The number of sulfonamides is 1. The molecule has 1 aromatic carbocycles. The summed E-state index contributed by atoms with van der Waals surface area (Å²) in [5.74, 6) is -2.93. The van der Waals surface area contributed by atoms with E-state index >= 15 is 0 Å². The third-order valence-corrected chi connectivity index (χ3v) is 4.35. The highest BCUT2D eigenvalue weighted by Gasteiger charge is 2.28. The molecular weight excluding hydrogens is 297 g/mol. The van der Waals surface area contributed by atoms with E-state index in [9.17, 15) is 17.6 Å². The molecule has 0 saturated carbocycles. The number of hydrogen-bond donors (Lipinski definition) is 1. The number of nitrogens with zero attached hydrogens (tertiary/aromatic N) is 1. The van der Waals surface area contributed by atoms with E-state index in [1.165, 1.54) is 13.1 Å². The lowest BCUT2D eigenvalue weighted by Gasteiger charge is -2.16. The molecule has 5 nitrogen and oxygen atoms in total. The summed E-state index contributed by atoms with van der Waals surface area (Å²) in [4.78, 5) is 10.0. The van der Waals surface area contributed by atoms with Crippen molar-refractivity contribution in [1.82, 2.24) is 4.31 Å². The predicted octanol–water partition coefficient (Wildman–Crippen LogP) is 1.98. The van der Waals surface area contributed by atoms with Crippen LogP contribution < -0.4 is 0 Å². The normalized spacial score (nSPS) is 11.6. The Labute approximate surface area is 115 Å². The van der Waals surface area contributed by atoms with Crippen molar-refractivity contribution in [3.63, 3.8) is 0 Å². The summed E-state index contributed by atoms with van der Waals surface area (Å²) >= 11 is 5.62. The quantitative estimate of drug-likeness (QED) is 0.844. The van der Waals surface area contributed by atoms with Crippen molar-refractivity contribution in [2.75, 3.05) is 13.6 Å². The van der Waals surface area contributed by atoms with E-state index in [0.717, 1.165) is 16.4 Å². The van der Waals surface area contributed by atoms with Gasteiger partial charge in [0.1, 0.15) is 4.90 Å². The van der Waals surface area contributed by atoms with Gasteiger partial charge in [0.05, 0.1) is 5.56 Å². The van der Waals surface area contributed by atoms with Crippen LogP contribution in [0.25, 0.3) is 0 Å². The van der Waals surface area contributed by atoms with E-state index in [-0.39, 0.29) is 11.6 Å². The highest BCUT2D eigenvalue weighted by molar-refractivity contribution is 7.89. The molecule has 8 heteroatoms. The fourth-order valence-electron chi connectivity index (χ4n) is 1.36. The van der Waals surface area contributed by atoms with E-state index in [4.69, 9.17) is 16.7 Å². The molecule has 104 valence electrons. The van der Waals surface area contributed by atoms with Gasteiger partial charge in [0.15, 0.2) is 5.82 Å². The first kappa shape index (κ1) is 15.6. The minimum Gasteiger partial charge on any atom is -0.478 e. The highest BCUT2D eigenvalue weighted by atomic mass is 35.5. The molecule has 0 aromatic heterocycles. The maximum atomic E-state index is 13.9. The Morgan fingerprint density at radius 3 is 2.63 bits per heavy atom. The average Bonchev–Trinajstić information content (AvgIpc) is 2.31. The van der Waals surface area contributed by atoms with Crippen molar-refractivity contribution in [2.24, 2.45) is 0 Å². The van der Waals surface area contributed by atoms with Gasteiger partial charge >= 0.3 is 5.97 Å². The molecule has 0 spiro atoms. The number of hydrogen-bond acceptors (Lipinski definition) is 3. The minimum atomic E-state index is -4.17. The van der Waals surface area contributed by atoms with Gasteiger partial charge in [-0.3, -0.25) is 0 Å². The van der Waals surface area contributed by atoms with E-state index < -0.39 is 32.3 Å². The first-order valence-corrected chi connectivity index (χ1v) is 6.83. The van der Waals surface area contributed by atoms with Crippen LogP contribution in [0.3, 0.4) is 0 Å². The molecule has 0 amide bonds. The van der Waals surface area contributed by atoms with Crippen LogP contribution in [0.5, 0.6) is 0 Å². The maximum Gasteiger partial charge on any atom is 0.338 e. The summed E-state index contributed by atoms with van der Waals surface area (Å²) in [6, 6.07) is 1.73. The Hall–Kier alpha value is -1.44. The number of carboxylic acid groups (broad SMARTS) is 1. The monoisotopic (exact) mass is 307 g/mol. The average molecular weight is 308 g/mol. The van der Waals surface area contributed by atoms with Gasteiger partial charge in [-0.2, -0.15) is 4.31 Å². The van der Waals surface area contributed by atoms with Crippen molar-refractivity contribution < 1.29 is 22.7 Å². The Bertz CT molecular complexity index is 630. The lowest BCUT2D eigenvalue weighted by molar-refractivity contribution is 0.0691. The third-order valence-electron chi connectivity index (χ3n) is 2.31. The second-order valence-electron chi connectivity index (χ2n) is 3.64. The summed E-state index contributed by atoms with van der Waals surface area (Å²) in [7, 11) is -2.95. The molecule has 1 rings (SSSR count). The first-order chi connectivity index (χ1) is 8.71. The van der Waals surface area contributed by atoms with Crippen molar-refractivity contribution in [1.29, 1.82) is 0 Å². The molecule has 0 radical (unpaired) electrons. The van der Waals surface area contributed by atoms with Crippen LogP contribution in [-0.4, -0.2) is 37.4 Å². The summed E-state index contributed by atoms with van der Waals surface area (Å²) in [6.07, 6.45) is 1.32. The third kappa shape index (κ3) is 3.12. The second kappa shape index (κ2) is 5.68. The molecule has 0 saturated heterocycles. The van der Waals surface area contributed by atoms with Crippen LogP contribution in [-0.2, 0) is 10.0 Å². The number of carbonyl (C=O) groups is 1. The lowest BCUT2D eigenvalue weighted by atomic mass is 10.2. The van der Waals surface area contributed by atoms with Crippen molar-refractivity contribution >= 4 is 27.6 Å². The number of likely N-dealkylation sites (N-methyl/N-ethyl adjacent to an activating group) is 1. The van der Waals surface area contributed by atoms with Gasteiger partial charge < -0.3 is 5.11 Å². The Balaban J connectivity index is 3.51. The number of aromatic carboxylic acids is 1. The standard InChI is InChI=1S/C11H11ClFNO4S/c1-3-4-14(2)19(17,18)9-6-7(12)5-8(10(9)13)11(15)16/h3,5-6H,1,4H2,2H3,(H,15,16). The summed E-state index contributed by atoms with van der Waals surface area (Å²) in [6.45, 7) is 3.33. The van der Waals surface area contributed by atoms with Crippen LogP contribution in [0.2, 0.25) is 5.02 Å². The van der Waals surface area contributed by atoms with Crippen molar-refractivity contribution in [3.05, 3.63) is 41.2 Å². The van der Waals surface area contributed by atoms with E-state index in [2.05, 4.69) is 6.58 Å². The fourth-order valence-corrected chi connectivity index (χ4v) is 2.89. The van der Waals surface area contributed by atoms with Crippen LogP contribution in [0.4, 0.5) is 4.39 Å².